The van der Waals surface area contributed by atoms with Gasteiger partial charge in [-0.25, -0.2) is 12.7 Å². The summed E-state index contributed by atoms with van der Waals surface area (Å²) < 4.78 is 26.9. The van der Waals surface area contributed by atoms with Gasteiger partial charge in [-0.3, -0.25) is 4.79 Å². The number of nitrogens with zero attached hydrogens (tertiary/aromatic N) is 2. The Balaban J connectivity index is 1.84. The second-order valence-electron chi connectivity index (χ2n) is 7.92. The van der Waals surface area contributed by atoms with Gasteiger partial charge in [0.15, 0.2) is 0 Å². The predicted octanol–water partition coefficient (Wildman–Crippen LogP) is 3.70. The zero-order valence-corrected chi connectivity index (χ0v) is 18.3. The lowest BCUT2D eigenvalue weighted by atomic mass is 10.0. The summed E-state index contributed by atoms with van der Waals surface area (Å²) in [6.45, 7) is 7.97. The summed E-state index contributed by atoms with van der Waals surface area (Å²) in [7, 11) is -3.16. The molecule has 0 N–H and O–H groups in total. The number of piperidine rings is 1. The number of unbranched alkanes of at least 4 members (excludes halogenated alkanes) is 5. The van der Waals surface area contributed by atoms with Gasteiger partial charge in [-0.1, -0.05) is 52.9 Å². The van der Waals surface area contributed by atoms with Gasteiger partial charge in [0.1, 0.15) is 0 Å². The van der Waals surface area contributed by atoms with E-state index in [-0.39, 0.29) is 22.4 Å². The van der Waals surface area contributed by atoms with E-state index in [2.05, 4.69) is 6.92 Å². The molecule has 0 unspecified atom stereocenters. The van der Waals surface area contributed by atoms with Crippen LogP contribution in [0.3, 0.4) is 0 Å². The number of thioether (sulfide) groups is 1. The van der Waals surface area contributed by atoms with Crippen molar-refractivity contribution in [1.29, 1.82) is 0 Å². The summed E-state index contributed by atoms with van der Waals surface area (Å²) >= 11 is 1.84. The highest BCUT2D eigenvalue weighted by molar-refractivity contribution is 8.00. The van der Waals surface area contributed by atoms with Crippen LogP contribution >= 0.6 is 11.8 Å². The minimum atomic E-state index is -3.16. The van der Waals surface area contributed by atoms with Crippen molar-refractivity contribution in [2.24, 2.45) is 5.92 Å². The highest BCUT2D eigenvalue weighted by atomic mass is 32.2. The Morgan fingerprint density at radius 2 is 1.65 bits per heavy atom. The first-order valence-electron chi connectivity index (χ1n) is 10.3. The minimum absolute atomic E-state index is 0.0000421. The molecule has 0 atom stereocenters. The summed E-state index contributed by atoms with van der Waals surface area (Å²) in [5, 5.41) is 0. The van der Waals surface area contributed by atoms with Crippen molar-refractivity contribution >= 4 is 27.7 Å². The van der Waals surface area contributed by atoms with E-state index in [1.165, 1.54) is 19.3 Å². The van der Waals surface area contributed by atoms with E-state index in [4.69, 9.17) is 0 Å². The molecule has 7 heteroatoms. The lowest BCUT2D eigenvalue weighted by molar-refractivity contribution is -0.137. The second kappa shape index (κ2) is 9.78. The SMILES string of the molecule is CCCCCCCCS(=O)(=O)N1CCC2(CC1)SCCN2C(=O)C(C)C. The Bertz CT molecular complexity index is 555. The number of rotatable bonds is 9. The van der Waals surface area contributed by atoms with Crippen molar-refractivity contribution in [3.05, 3.63) is 0 Å². The van der Waals surface area contributed by atoms with E-state index in [0.29, 0.717) is 13.1 Å². The molecule has 2 fully saturated rings. The van der Waals surface area contributed by atoms with E-state index in [9.17, 15) is 13.2 Å². The summed E-state index contributed by atoms with van der Waals surface area (Å²) in [6.07, 6.45) is 8.07. The van der Waals surface area contributed by atoms with Crippen molar-refractivity contribution in [3.63, 3.8) is 0 Å². The van der Waals surface area contributed by atoms with E-state index >= 15 is 0 Å². The van der Waals surface area contributed by atoms with Crippen LogP contribution < -0.4 is 0 Å². The second-order valence-corrected chi connectivity index (χ2v) is 11.5. The first-order chi connectivity index (χ1) is 12.3. The third-order valence-corrected chi connectivity index (χ3v) is 9.10. The van der Waals surface area contributed by atoms with E-state index in [1.54, 1.807) is 4.31 Å². The van der Waals surface area contributed by atoms with Crippen LogP contribution in [0, 0.1) is 5.92 Å². The van der Waals surface area contributed by atoms with Crippen molar-refractivity contribution in [3.8, 4) is 0 Å². The van der Waals surface area contributed by atoms with Gasteiger partial charge in [0.25, 0.3) is 0 Å². The molecule has 0 bridgehead atoms. The molecule has 152 valence electrons. The van der Waals surface area contributed by atoms with Gasteiger partial charge < -0.3 is 4.90 Å². The molecule has 26 heavy (non-hydrogen) atoms. The maximum Gasteiger partial charge on any atom is 0.226 e. The maximum absolute atomic E-state index is 12.6. The van der Waals surface area contributed by atoms with E-state index < -0.39 is 10.0 Å². The van der Waals surface area contributed by atoms with Crippen molar-refractivity contribution in [2.75, 3.05) is 31.1 Å². The van der Waals surface area contributed by atoms with Gasteiger partial charge in [-0.2, -0.15) is 0 Å². The fourth-order valence-corrected chi connectivity index (χ4v) is 6.98. The zero-order valence-electron chi connectivity index (χ0n) is 16.7. The number of carbonyl (C=O) groups excluding carboxylic acids is 1. The number of sulfonamides is 1. The molecule has 2 saturated heterocycles. The number of amides is 1. The van der Waals surface area contributed by atoms with Crippen molar-refractivity contribution in [2.45, 2.75) is 77.0 Å². The topological polar surface area (TPSA) is 57.7 Å². The molecule has 1 amide bonds. The Hall–Kier alpha value is -0.270. The predicted molar refractivity (Wildman–Crippen MR) is 110 cm³/mol. The molecule has 2 heterocycles. The first kappa shape index (κ1) is 22.0. The molecule has 1 spiro atoms. The highest BCUT2D eigenvalue weighted by Gasteiger charge is 2.47. The van der Waals surface area contributed by atoms with E-state index in [1.807, 2.05) is 30.5 Å². The molecule has 0 radical (unpaired) electrons. The summed E-state index contributed by atoms with van der Waals surface area (Å²) in [5.41, 5.74) is 0. The fraction of sp³-hybridized carbons (Fsp3) is 0.947. The largest absolute Gasteiger partial charge is 0.327 e. The van der Waals surface area contributed by atoms with E-state index in [0.717, 1.165) is 44.4 Å². The Morgan fingerprint density at radius 1 is 1.04 bits per heavy atom. The Labute approximate surface area is 164 Å². The molecule has 0 aromatic rings. The van der Waals surface area contributed by atoms with Crippen molar-refractivity contribution in [1.82, 2.24) is 9.21 Å². The van der Waals surface area contributed by atoms with Crippen LogP contribution in [0.5, 0.6) is 0 Å². The first-order valence-corrected chi connectivity index (χ1v) is 12.8. The van der Waals surface area contributed by atoms with Gasteiger partial charge in [-0.15, -0.1) is 11.8 Å². The maximum atomic E-state index is 12.6. The van der Waals surface area contributed by atoms with Crippen LogP contribution in [-0.4, -0.2) is 59.5 Å². The molecular formula is C19H36N2O3S2. The smallest absolute Gasteiger partial charge is 0.226 e. The van der Waals surface area contributed by atoms with Crippen LogP contribution in [0.2, 0.25) is 0 Å². The molecular weight excluding hydrogens is 368 g/mol. The molecule has 2 aliphatic rings. The lowest BCUT2D eigenvalue weighted by Gasteiger charge is -2.44. The number of carbonyl (C=O) groups is 1. The molecule has 0 aromatic carbocycles. The van der Waals surface area contributed by atoms with Crippen molar-refractivity contribution < 1.29 is 13.2 Å². The lowest BCUT2D eigenvalue weighted by Crippen LogP contribution is -2.54. The third-order valence-electron chi connectivity index (χ3n) is 5.59. The molecule has 0 aliphatic carbocycles. The normalized spacial score (nSPS) is 21.0. The van der Waals surface area contributed by atoms with Gasteiger partial charge >= 0.3 is 0 Å². The quantitative estimate of drug-likeness (QED) is 0.550. The molecule has 5 nitrogen and oxygen atoms in total. The van der Waals surface area contributed by atoms with Crippen LogP contribution in [-0.2, 0) is 14.8 Å². The summed E-state index contributed by atoms with van der Waals surface area (Å²) in [4.78, 5) is 14.4. The van der Waals surface area contributed by atoms with Crippen LogP contribution in [0.1, 0.15) is 72.1 Å². The fourth-order valence-electron chi connectivity index (χ4n) is 3.95. The molecule has 0 aromatic heterocycles. The summed E-state index contributed by atoms with van der Waals surface area (Å²) in [6, 6.07) is 0. The molecule has 2 rings (SSSR count). The monoisotopic (exact) mass is 404 g/mol. The van der Waals surface area contributed by atoms with Gasteiger partial charge in [-0.05, 0) is 19.3 Å². The van der Waals surface area contributed by atoms with Gasteiger partial charge in [0.05, 0.1) is 10.6 Å². The third kappa shape index (κ3) is 5.38. The number of hydrogen-bond acceptors (Lipinski definition) is 4. The van der Waals surface area contributed by atoms with Gasteiger partial charge in [0, 0.05) is 31.3 Å². The number of hydrogen-bond donors (Lipinski definition) is 0. The Morgan fingerprint density at radius 3 is 2.27 bits per heavy atom. The average molecular weight is 405 g/mol. The minimum Gasteiger partial charge on any atom is -0.327 e. The van der Waals surface area contributed by atoms with Crippen LogP contribution in [0.15, 0.2) is 0 Å². The summed E-state index contributed by atoms with van der Waals surface area (Å²) in [5.74, 6) is 1.44. The Kier molecular flexibility index (Phi) is 8.29. The van der Waals surface area contributed by atoms with Crippen LogP contribution in [0.25, 0.3) is 0 Å². The highest BCUT2D eigenvalue weighted by Crippen LogP contribution is 2.44. The molecule has 0 saturated carbocycles. The van der Waals surface area contributed by atoms with Crippen LogP contribution in [0.4, 0.5) is 0 Å². The zero-order chi connectivity index (χ0) is 19.2. The standard InChI is InChI=1S/C19H36N2O3S2/c1-4-5-6-7-8-9-16-26(23,24)20-12-10-19(11-13-20)21(14-15-25-19)18(22)17(2)3/h17H,4-16H2,1-3H3. The van der Waals surface area contributed by atoms with Gasteiger partial charge in [0.2, 0.25) is 15.9 Å². The average Bonchev–Trinajstić information content (AvgIpc) is 3.00. The molecule has 2 aliphatic heterocycles.